The first-order valence-electron chi connectivity index (χ1n) is 3.19. The van der Waals surface area contributed by atoms with Crippen LogP contribution in [0, 0.1) is 0 Å². The lowest BCUT2D eigenvalue weighted by Crippen LogP contribution is -1.97. The van der Waals surface area contributed by atoms with E-state index >= 15 is 0 Å². The van der Waals surface area contributed by atoms with Crippen molar-refractivity contribution in [2.45, 2.75) is 0 Å². The second kappa shape index (κ2) is 1.72. The van der Waals surface area contributed by atoms with Crippen molar-refractivity contribution in [2.24, 2.45) is 0 Å². The van der Waals surface area contributed by atoms with Gasteiger partial charge in [-0.3, -0.25) is 0 Å². The van der Waals surface area contributed by atoms with Crippen LogP contribution in [0.2, 0.25) is 0 Å². The number of nitrogens with one attached hydrogen (secondary N) is 1. The molecule has 0 aliphatic heterocycles. The molecule has 0 atom stereocenters. The Morgan fingerprint density at radius 1 is 1.25 bits per heavy atom. The quantitative estimate of drug-likeness (QED) is 0.445. The Morgan fingerprint density at radius 2 is 2.25 bits per heavy atom. The monoisotopic (exact) mass is 162 g/mol. The third kappa shape index (κ3) is 0.516. The van der Waals surface area contributed by atoms with Gasteiger partial charge in [0, 0.05) is 0 Å². The number of H-pyrrole nitrogens is 1. The molecule has 0 aromatic carbocycles. The predicted molar refractivity (Wildman–Crippen MR) is 36.0 cm³/mol. The van der Waals surface area contributed by atoms with Gasteiger partial charge in [0.25, 0.3) is 0 Å². The zero-order valence-corrected chi connectivity index (χ0v) is 5.71. The molecule has 3 aromatic rings. The molecule has 0 aliphatic carbocycles. The van der Waals surface area contributed by atoms with Gasteiger partial charge in [-0.1, -0.05) is 4.63 Å². The van der Waals surface area contributed by atoms with E-state index in [0.29, 0.717) is 16.8 Å². The van der Waals surface area contributed by atoms with Crippen molar-refractivity contribution in [3.05, 3.63) is 6.33 Å². The minimum atomic E-state index is 0.511. The van der Waals surface area contributed by atoms with Gasteiger partial charge in [-0.25, -0.2) is 4.98 Å². The molecule has 3 rings (SSSR count). The highest BCUT2D eigenvalue weighted by atomic mass is 15.6. The molecule has 0 aliphatic rings. The van der Waals surface area contributed by atoms with Crippen LogP contribution in [0.3, 0.4) is 0 Å². The summed E-state index contributed by atoms with van der Waals surface area (Å²) in [6.07, 6.45) is 1.52. The van der Waals surface area contributed by atoms with E-state index in [0.717, 1.165) is 0 Å². The van der Waals surface area contributed by atoms with Gasteiger partial charge in [0.05, 0.1) is 6.33 Å². The highest BCUT2D eigenvalue weighted by Crippen LogP contribution is 2.06. The number of tetrazole rings is 1. The van der Waals surface area contributed by atoms with Crippen molar-refractivity contribution in [3.63, 3.8) is 0 Å². The largest absolute Gasteiger partial charge is 0.340 e. The van der Waals surface area contributed by atoms with Crippen LogP contribution in [0.15, 0.2) is 6.33 Å². The van der Waals surface area contributed by atoms with Gasteiger partial charge in [0.2, 0.25) is 11.3 Å². The van der Waals surface area contributed by atoms with E-state index in [2.05, 4.69) is 35.8 Å². The molecule has 0 radical (unpaired) electrons. The van der Waals surface area contributed by atoms with E-state index in [4.69, 9.17) is 0 Å². The zero-order valence-electron chi connectivity index (χ0n) is 5.71. The van der Waals surface area contributed by atoms with Gasteiger partial charge >= 0.3 is 0 Å². The molecule has 8 heteroatoms. The maximum absolute atomic E-state index is 3.91. The molecule has 12 heavy (non-hydrogen) atoms. The summed E-state index contributed by atoms with van der Waals surface area (Å²) in [5, 5.41) is 18.2. The van der Waals surface area contributed by atoms with E-state index in [1.807, 2.05) is 0 Å². The number of imidazole rings is 1. The van der Waals surface area contributed by atoms with E-state index in [9.17, 15) is 0 Å². The minimum absolute atomic E-state index is 0.511. The lowest BCUT2D eigenvalue weighted by Gasteiger charge is -1.85. The average Bonchev–Trinajstić information content (AvgIpc) is 2.71. The zero-order chi connectivity index (χ0) is 7.97. The molecule has 58 valence electrons. The Morgan fingerprint density at radius 3 is 3.25 bits per heavy atom. The second-order valence-electron chi connectivity index (χ2n) is 2.18. The lowest BCUT2D eigenvalue weighted by atomic mass is 10.5. The molecule has 3 aromatic heterocycles. The number of hydrogen-bond acceptors (Lipinski definition) is 6. The summed E-state index contributed by atoms with van der Waals surface area (Å²) in [5.41, 5.74) is 1.73. The summed E-state index contributed by atoms with van der Waals surface area (Å²) in [5.74, 6) is 0. The SMILES string of the molecule is c1nc2nnn3nnnc3c2[nH]1. The third-order valence-corrected chi connectivity index (χ3v) is 1.52. The van der Waals surface area contributed by atoms with Gasteiger partial charge in [0.1, 0.15) is 5.52 Å². The van der Waals surface area contributed by atoms with Crippen LogP contribution in [0.4, 0.5) is 0 Å². The Kier molecular flexibility index (Phi) is 0.793. The van der Waals surface area contributed by atoms with Crippen LogP contribution in [-0.2, 0) is 0 Å². The smallest absolute Gasteiger partial charge is 0.228 e. The van der Waals surface area contributed by atoms with Crippen molar-refractivity contribution in [1.82, 2.24) is 40.4 Å². The fourth-order valence-corrected chi connectivity index (χ4v) is 1.01. The number of hydrogen-bond donors (Lipinski definition) is 1. The summed E-state index contributed by atoms with van der Waals surface area (Å²) in [6, 6.07) is 0. The van der Waals surface area contributed by atoms with Crippen LogP contribution in [-0.4, -0.2) is 40.4 Å². The van der Waals surface area contributed by atoms with Crippen molar-refractivity contribution in [1.29, 1.82) is 0 Å². The molecule has 0 saturated carbocycles. The summed E-state index contributed by atoms with van der Waals surface area (Å²) < 4.78 is 1.24. The van der Waals surface area contributed by atoms with Gasteiger partial charge in [0.15, 0.2) is 0 Å². The van der Waals surface area contributed by atoms with Crippen molar-refractivity contribution < 1.29 is 0 Å². The highest BCUT2D eigenvalue weighted by molar-refractivity contribution is 5.83. The number of rotatable bonds is 0. The number of aromatic amines is 1. The second-order valence-corrected chi connectivity index (χ2v) is 2.18. The van der Waals surface area contributed by atoms with Crippen molar-refractivity contribution >= 4 is 16.8 Å². The van der Waals surface area contributed by atoms with Gasteiger partial charge in [-0.15, -0.1) is 10.2 Å². The van der Waals surface area contributed by atoms with E-state index < -0.39 is 0 Å². The molecule has 0 saturated heterocycles. The van der Waals surface area contributed by atoms with E-state index in [1.54, 1.807) is 0 Å². The van der Waals surface area contributed by atoms with Crippen LogP contribution < -0.4 is 0 Å². The first-order valence-corrected chi connectivity index (χ1v) is 3.19. The predicted octanol–water partition coefficient (Wildman–Crippen LogP) is -1.21. The Bertz CT molecular complexity index is 484. The van der Waals surface area contributed by atoms with E-state index in [1.165, 1.54) is 11.0 Å². The molecule has 0 amide bonds. The normalized spacial score (nSPS) is 11.3. The van der Waals surface area contributed by atoms with Gasteiger partial charge in [-0.05, 0) is 15.6 Å². The van der Waals surface area contributed by atoms with Crippen LogP contribution in [0.5, 0.6) is 0 Å². The summed E-state index contributed by atoms with van der Waals surface area (Å²) in [7, 11) is 0. The Hall–Kier alpha value is -2.12. The molecular formula is C4H2N8. The number of nitrogens with zero attached hydrogens (tertiary/aromatic N) is 7. The summed E-state index contributed by atoms with van der Waals surface area (Å²) in [6.45, 7) is 0. The standard InChI is InChI=1S/C4H2N8/c1-5-2-3(6-1)7-10-12-4(2)8-9-11-12/h1H,(H,5,6). The van der Waals surface area contributed by atoms with Crippen LogP contribution >= 0.6 is 0 Å². The molecule has 0 spiro atoms. The molecule has 0 bridgehead atoms. The average molecular weight is 162 g/mol. The maximum atomic E-state index is 3.91. The van der Waals surface area contributed by atoms with Crippen molar-refractivity contribution in [3.8, 4) is 0 Å². The molecule has 0 unspecified atom stereocenters. The van der Waals surface area contributed by atoms with Crippen LogP contribution in [0.25, 0.3) is 16.8 Å². The van der Waals surface area contributed by atoms with Gasteiger partial charge in [-0.2, -0.15) is 0 Å². The lowest BCUT2D eigenvalue weighted by molar-refractivity contribution is 0.686. The number of aromatic nitrogens is 8. The fourth-order valence-electron chi connectivity index (χ4n) is 1.01. The Labute approximate surface area is 64.6 Å². The molecule has 1 N–H and O–H groups in total. The van der Waals surface area contributed by atoms with Gasteiger partial charge < -0.3 is 4.98 Å². The molecular weight excluding hydrogens is 160 g/mol. The fraction of sp³-hybridized carbons (Fsp3) is 0. The summed E-state index contributed by atoms with van der Waals surface area (Å²) in [4.78, 5) is 6.78. The minimum Gasteiger partial charge on any atom is -0.340 e. The first-order chi connectivity index (χ1) is 5.95. The third-order valence-electron chi connectivity index (χ3n) is 1.52. The Balaban J connectivity index is 2.71. The maximum Gasteiger partial charge on any atom is 0.228 e. The number of fused-ring (bicyclic) bond motifs is 3. The highest BCUT2D eigenvalue weighted by Gasteiger charge is 2.06. The molecule has 3 heterocycles. The molecule has 0 fully saturated rings. The molecule has 8 nitrogen and oxygen atoms in total. The van der Waals surface area contributed by atoms with Crippen molar-refractivity contribution in [2.75, 3.05) is 0 Å². The first kappa shape index (κ1) is 5.52. The van der Waals surface area contributed by atoms with Crippen LogP contribution in [0.1, 0.15) is 0 Å². The van der Waals surface area contributed by atoms with E-state index in [-0.39, 0.29) is 0 Å². The summed E-state index contributed by atoms with van der Waals surface area (Å²) >= 11 is 0. The topological polar surface area (TPSA) is 97.5 Å².